The molecule has 3 aromatic rings. The molecule has 0 aliphatic heterocycles. The van der Waals surface area contributed by atoms with Gasteiger partial charge in [0.15, 0.2) is 6.61 Å². The molecule has 0 aliphatic rings. The number of carbonyl (C=O) groups is 1. The zero-order valence-corrected chi connectivity index (χ0v) is 13.4. The first kappa shape index (κ1) is 15.7. The first-order valence-electron chi connectivity index (χ1n) is 7.45. The summed E-state index contributed by atoms with van der Waals surface area (Å²) in [6.45, 7) is 3.93. The van der Waals surface area contributed by atoms with E-state index < -0.39 is 0 Å². The lowest BCUT2D eigenvalue weighted by Gasteiger charge is -2.10. The molecule has 1 heterocycles. The first-order chi connectivity index (χ1) is 11.6. The van der Waals surface area contributed by atoms with Gasteiger partial charge < -0.3 is 10.1 Å². The first-order valence-corrected chi connectivity index (χ1v) is 7.45. The number of hydrogen-bond acceptors (Lipinski definition) is 5. The van der Waals surface area contributed by atoms with E-state index in [1.807, 2.05) is 44.2 Å². The van der Waals surface area contributed by atoms with Crippen LogP contribution in [0.3, 0.4) is 0 Å². The number of aryl methyl sites for hydroxylation is 2. The molecule has 24 heavy (non-hydrogen) atoms. The molecule has 3 rings (SSSR count). The van der Waals surface area contributed by atoms with Gasteiger partial charge in [-0.2, -0.15) is 0 Å². The second kappa shape index (κ2) is 6.91. The highest BCUT2D eigenvalue weighted by Crippen LogP contribution is 2.18. The van der Waals surface area contributed by atoms with Crippen molar-refractivity contribution in [2.24, 2.45) is 0 Å². The fourth-order valence-corrected chi connectivity index (χ4v) is 2.28. The Labute approximate surface area is 139 Å². The Kier molecular flexibility index (Phi) is 4.51. The van der Waals surface area contributed by atoms with E-state index in [0.29, 0.717) is 11.4 Å². The summed E-state index contributed by atoms with van der Waals surface area (Å²) < 4.78 is 7.10. The zero-order valence-electron chi connectivity index (χ0n) is 13.4. The lowest BCUT2D eigenvalue weighted by molar-refractivity contribution is -0.118. The summed E-state index contributed by atoms with van der Waals surface area (Å²) in [4.78, 5) is 12.0. The number of anilines is 1. The van der Waals surface area contributed by atoms with Crippen LogP contribution in [0.15, 0.2) is 48.8 Å². The molecule has 0 unspecified atom stereocenters. The monoisotopic (exact) mass is 323 g/mol. The number of carbonyl (C=O) groups excluding carboxylic acids is 1. The molecule has 1 aromatic heterocycles. The van der Waals surface area contributed by atoms with Crippen LogP contribution in [0.5, 0.6) is 5.75 Å². The van der Waals surface area contributed by atoms with Crippen LogP contribution < -0.4 is 10.1 Å². The standard InChI is InChI=1S/C17H17N5O2/c1-12-3-8-16(13(2)9-12)24-10-17(23)19-14-4-6-15(7-5-14)22-11-18-20-21-22/h3-9,11H,10H2,1-2H3,(H,19,23). The highest BCUT2D eigenvalue weighted by Gasteiger charge is 2.06. The van der Waals surface area contributed by atoms with E-state index >= 15 is 0 Å². The van der Waals surface area contributed by atoms with Crippen LogP contribution in [0.25, 0.3) is 5.69 Å². The normalized spacial score (nSPS) is 10.4. The van der Waals surface area contributed by atoms with Gasteiger partial charge in [-0.25, -0.2) is 4.68 Å². The average Bonchev–Trinajstić information content (AvgIpc) is 3.09. The van der Waals surface area contributed by atoms with E-state index in [1.54, 1.807) is 12.1 Å². The van der Waals surface area contributed by atoms with E-state index in [2.05, 4.69) is 20.8 Å². The van der Waals surface area contributed by atoms with Crippen molar-refractivity contribution in [2.75, 3.05) is 11.9 Å². The van der Waals surface area contributed by atoms with E-state index in [9.17, 15) is 4.79 Å². The molecule has 1 N–H and O–H groups in total. The summed E-state index contributed by atoms with van der Waals surface area (Å²) in [5.74, 6) is 0.495. The number of nitrogens with one attached hydrogen (secondary N) is 1. The van der Waals surface area contributed by atoms with E-state index in [0.717, 1.165) is 16.8 Å². The van der Waals surface area contributed by atoms with Gasteiger partial charge in [0.05, 0.1) is 5.69 Å². The fourth-order valence-electron chi connectivity index (χ4n) is 2.28. The minimum absolute atomic E-state index is 0.0430. The molecule has 0 atom stereocenters. The van der Waals surface area contributed by atoms with Gasteiger partial charge in [-0.05, 0) is 60.2 Å². The van der Waals surface area contributed by atoms with Crippen molar-refractivity contribution in [1.82, 2.24) is 20.2 Å². The SMILES string of the molecule is Cc1ccc(OCC(=O)Nc2ccc(-n3cnnn3)cc2)c(C)c1. The minimum Gasteiger partial charge on any atom is -0.483 e. The molecule has 1 amide bonds. The molecule has 122 valence electrons. The summed E-state index contributed by atoms with van der Waals surface area (Å²) >= 11 is 0. The molecule has 0 saturated carbocycles. The third kappa shape index (κ3) is 3.75. The summed E-state index contributed by atoms with van der Waals surface area (Å²) in [6, 6.07) is 13.0. The molecule has 7 nitrogen and oxygen atoms in total. The average molecular weight is 323 g/mol. The highest BCUT2D eigenvalue weighted by molar-refractivity contribution is 5.91. The summed E-state index contributed by atoms with van der Waals surface area (Å²) in [5, 5.41) is 13.8. The van der Waals surface area contributed by atoms with Crippen molar-refractivity contribution in [2.45, 2.75) is 13.8 Å². The Hall–Kier alpha value is -3.22. The molecule has 0 bridgehead atoms. The van der Waals surface area contributed by atoms with E-state index in [1.165, 1.54) is 11.0 Å². The number of rotatable bonds is 5. The fraction of sp³-hybridized carbons (Fsp3) is 0.176. The van der Waals surface area contributed by atoms with Gasteiger partial charge in [0, 0.05) is 5.69 Å². The van der Waals surface area contributed by atoms with Crippen molar-refractivity contribution in [1.29, 1.82) is 0 Å². The van der Waals surface area contributed by atoms with E-state index in [4.69, 9.17) is 4.74 Å². The summed E-state index contributed by atoms with van der Waals surface area (Å²) in [7, 11) is 0. The van der Waals surface area contributed by atoms with Crippen molar-refractivity contribution in [3.63, 3.8) is 0 Å². The second-order valence-corrected chi connectivity index (χ2v) is 5.41. The molecule has 0 spiro atoms. The largest absolute Gasteiger partial charge is 0.483 e. The van der Waals surface area contributed by atoms with Gasteiger partial charge >= 0.3 is 0 Å². The highest BCUT2D eigenvalue weighted by atomic mass is 16.5. The number of tetrazole rings is 1. The summed E-state index contributed by atoms with van der Waals surface area (Å²) in [5.41, 5.74) is 3.66. The predicted octanol–water partition coefficient (Wildman–Crippen LogP) is 2.30. The molecular formula is C17H17N5O2. The van der Waals surface area contributed by atoms with Crippen LogP contribution in [0.1, 0.15) is 11.1 Å². The van der Waals surface area contributed by atoms with Crippen molar-refractivity contribution in [3.05, 3.63) is 59.9 Å². The van der Waals surface area contributed by atoms with Crippen molar-refractivity contribution < 1.29 is 9.53 Å². The van der Waals surface area contributed by atoms with Gasteiger partial charge in [-0.1, -0.05) is 17.7 Å². The Bertz CT molecular complexity index is 829. The predicted molar refractivity (Wildman–Crippen MR) is 89.2 cm³/mol. The third-order valence-electron chi connectivity index (χ3n) is 3.45. The molecular weight excluding hydrogens is 306 g/mol. The lowest BCUT2D eigenvalue weighted by atomic mass is 10.1. The second-order valence-electron chi connectivity index (χ2n) is 5.41. The van der Waals surface area contributed by atoms with Gasteiger partial charge in [0.2, 0.25) is 0 Å². The van der Waals surface area contributed by atoms with Crippen LogP contribution in [0.2, 0.25) is 0 Å². The molecule has 0 saturated heterocycles. The molecule has 7 heteroatoms. The van der Waals surface area contributed by atoms with E-state index in [-0.39, 0.29) is 12.5 Å². The Balaban J connectivity index is 1.56. The topological polar surface area (TPSA) is 81.9 Å². The Morgan fingerprint density at radius 2 is 1.96 bits per heavy atom. The maximum atomic E-state index is 12.0. The van der Waals surface area contributed by atoms with Crippen LogP contribution in [-0.2, 0) is 4.79 Å². The Morgan fingerprint density at radius 3 is 2.62 bits per heavy atom. The number of benzene rings is 2. The van der Waals surface area contributed by atoms with Crippen LogP contribution in [-0.4, -0.2) is 32.7 Å². The molecule has 2 aromatic carbocycles. The third-order valence-corrected chi connectivity index (χ3v) is 3.45. The van der Waals surface area contributed by atoms with Gasteiger partial charge in [-0.3, -0.25) is 4.79 Å². The number of ether oxygens (including phenoxy) is 1. The molecule has 0 aliphatic carbocycles. The van der Waals surface area contributed by atoms with Crippen LogP contribution >= 0.6 is 0 Å². The van der Waals surface area contributed by atoms with Gasteiger partial charge in [-0.15, -0.1) is 5.10 Å². The zero-order chi connectivity index (χ0) is 16.9. The number of amides is 1. The van der Waals surface area contributed by atoms with Crippen LogP contribution in [0.4, 0.5) is 5.69 Å². The number of hydrogen-bond donors (Lipinski definition) is 1. The Morgan fingerprint density at radius 1 is 1.17 bits per heavy atom. The maximum absolute atomic E-state index is 12.0. The molecule has 0 radical (unpaired) electrons. The lowest BCUT2D eigenvalue weighted by Crippen LogP contribution is -2.20. The van der Waals surface area contributed by atoms with Crippen molar-refractivity contribution >= 4 is 11.6 Å². The number of aromatic nitrogens is 4. The van der Waals surface area contributed by atoms with Crippen LogP contribution in [0, 0.1) is 13.8 Å². The van der Waals surface area contributed by atoms with Gasteiger partial charge in [0.25, 0.3) is 5.91 Å². The maximum Gasteiger partial charge on any atom is 0.262 e. The van der Waals surface area contributed by atoms with Crippen molar-refractivity contribution in [3.8, 4) is 11.4 Å². The minimum atomic E-state index is -0.217. The summed E-state index contributed by atoms with van der Waals surface area (Å²) in [6.07, 6.45) is 1.51. The smallest absolute Gasteiger partial charge is 0.262 e. The molecule has 0 fully saturated rings. The number of nitrogens with zero attached hydrogens (tertiary/aromatic N) is 4. The quantitative estimate of drug-likeness (QED) is 0.779. The van der Waals surface area contributed by atoms with Gasteiger partial charge in [0.1, 0.15) is 12.1 Å².